The van der Waals surface area contributed by atoms with Crippen LogP contribution in [0.4, 0.5) is 0 Å². The molecule has 0 bridgehead atoms. The zero-order valence-electron chi connectivity index (χ0n) is 8.29. The summed E-state index contributed by atoms with van der Waals surface area (Å²) in [5.41, 5.74) is 0. The van der Waals surface area contributed by atoms with Gasteiger partial charge in [-0.1, -0.05) is 0 Å². The molecule has 0 aliphatic rings. The number of hydrogen-bond acceptors (Lipinski definition) is 10. The Morgan fingerprint density at radius 3 is 1.71 bits per heavy atom. The Kier molecular flexibility index (Phi) is 7.19. The maximum atomic E-state index is 10.1. The van der Waals surface area contributed by atoms with Crippen LogP contribution in [0.1, 0.15) is 0 Å². The van der Waals surface area contributed by atoms with Crippen molar-refractivity contribution in [1.29, 1.82) is 0 Å². The third-order valence-corrected chi connectivity index (χ3v) is 2.92. The van der Waals surface area contributed by atoms with E-state index in [1.165, 1.54) is 0 Å². The van der Waals surface area contributed by atoms with Gasteiger partial charge in [0.05, 0.1) is 9.67 Å². The molecule has 5 atom stereocenters. The van der Waals surface area contributed by atoms with Crippen molar-refractivity contribution >= 4 is 0 Å². The van der Waals surface area contributed by atoms with Crippen LogP contribution in [-0.4, -0.2) is 68.0 Å². The molecule has 0 aromatic rings. The summed E-state index contributed by atoms with van der Waals surface area (Å²) in [5, 5.41) is 53.6. The van der Waals surface area contributed by atoms with E-state index in [1.54, 1.807) is 0 Å². The number of rotatable bonds is 7. The molecule has 0 aromatic carbocycles. The zero-order chi connectivity index (χ0) is 13.8. The highest BCUT2D eigenvalue weighted by Crippen LogP contribution is 2.07. The van der Waals surface area contributed by atoms with E-state index >= 15 is 0 Å². The molecule has 0 spiro atoms. The molecule has 10 nitrogen and oxygen atoms in total. The lowest BCUT2D eigenvalue weighted by Crippen LogP contribution is -4.24. The first-order valence-electron chi connectivity index (χ1n) is 4.20. The second kappa shape index (κ2) is 7.05. The van der Waals surface area contributed by atoms with Crippen LogP contribution >= 0.6 is 0 Å². The third-order valence-electron chi connectivity index (χ3n) is 1.77. The molecule has 0 aliphatic carbocycles. The Balaban J connectivity index is 4.43. The molecule has 6 N–H and O–H groups in total. The van der Waals surface area contributed by atoms with Crippen LogP contribution in [0.15, 0.2) is 0 Å². The SMILES string of the molecule is [O-][I+3]([O-])([O-])OC(O)[C@H](O)[C@H](O)[C@H](O)[C@H](O)CO. The van der Waals surface area contributed by atoms with E-state index < -0.39 is 57.4 Å². The first kappa shape index (κ1) is 17.3. The zero-order valence-corrected chi connectivity index (χ0v) is 10.4. The van der Waals surface area contributed by atoms with Gasteiger partial charge < -0.3 is 30.6 Å². The normalized spacial score (nSPS) is 21.7. The molecule has 0 saturated heterocycles. The van der Waals surface area contributed by atoms with Crippen molar-refractivity contribution in [3.8, 4) is 0 Å². The summed E-state index contributed by atoms with van der Waals surface area (Å²) in [4.78, 5) is 0. The summed E-state index contributed by atoms with van der Waals surface area (Å²) in [5.74, 6) is 0. The maximum absolute atomic E-state index is 10.1. The van der Waals surface area contributed by atoms with Crippen molar-refractivity contribution in [2.75, 3.05) is 6.61 Å². The lowest BCUT2D eigenvalue weighted by atomic mass is 10.0. The lowest BCUT2D eigenvalue weighted by molar-refractivity contribution is -1.92. The molecule has 0 amide bonds. The van der Waals surface area contributed by atoms with Gasteiger partial charge in [0.1, 0.15) is 24.4 Å². The smallest absolute Gasteiger partial charge is 0.376 e. The Bertz CT molecular complexity index is 219. The van der Waals surface area contributed by atoms with Crippen molar-refractivity contribution in [3.05, 3.63) is 0 Å². The van der Waals surface area contributed by atoms with Gasteiger partial charge in [0, 0.05) is 0 Å². The number of aliphatic hydroxyl groups excluding tert-OH is 6. The molecule has 104 valence electrons. The summed E-state index contributed by atoms with van der Waals surface area (Å²) in [6, 6.07) is 0. The molecule has 17 heavy (non-hydrogen) atoms. The quantitative estimate of drug-likeness (QED) is 0.184. The van der Waals surface area contributed by atoms with Crippen molar-refractivity contribution in [2.45, 2.75) is 30.7 Å². The second-order valence-electron chi connectivity index (χ2n) is 3.08. The van der Waals surface area contributed by atoms with Crippen LogP contribution in [0.3, 0.4) is 0 Å². The van der Waals surface area contributed by atoms with Crippen molar-refractivity contribution in [3.63, 3.8) is 0 Å². The third kappa shape index (κ3) is 6.16. The van der Waals surface area contributed by atoms with Gasteiger partial charge in [-0.3, -0.25) is 10.3 Å². The van der Waals surface area contributed by atoms with Gasteiger partial charge in [-0.2, -0.15) is 0 Å². The van der Waals surface area contributed by atoms with E-state index in [0.717, 1.165) is 0 Å². The number of halogens is 1. The van der Waals surface area contributed by atoms with Gasteiger partial charge in [-0.15, -0.1) is 0 Å². The van der Waals surface area contributed by atoms with Gasteiger partial charge in [-0.05, 0) is 0 Å². The Labute approximate surface area is 102 Å². The monoisotopic (exact) mass is 372 g/mol. The van der Waals surface area contributed by atoms with Gasteiger partial charge >= 0.3 is 26.4 Å². The van der Waals surface area contributed by atoms with E-state index in [1.807, 2.05) is 0 Å². The molecule has 0 saturated carbocycles. The molecule has 0 aliphatic heterocycles. The fraction of sp³-hybridized carbons (Fsp3) is 1.00. The standard InChI is InChI=1S/C6H13IO10/c8-1-2(9)3(10)4(11)5(12)6(13)17-7(14,15)16/h2-6,8-13H,1H2/t2-,3-,4-,5-,6?/m1/s1. The molecule has 0 heterocycles. The molecular weight excluding hydrogens is 359 g/mol. The van der Waals surface area contributed by atoms with E-state index in [9.17, 15) is 10.3 Å². The van der Waals surface area contributed by atoms with E-state index in [4.69, 9.17) is 30.6 Å². The summed E-state index contributed by atoms with van der Waals surface area (Å²) in [6.45, 7) is -0.951. The highest BCUT2D eigenvalue weighted by Gasteiger charge is 2.43. The van der Waals surface area contributed by atoms with E-state index in [2.05, 4.69) is 3.07 Å². The predicted octanol–water partition coefficient (Wildman–Crippen LogP) is -10.3. The molecule has 11 heteroatoms. The van der Waals surface area contributed by atoms with Gasteiger partial charge in [0.25, 0.3) is 0 Å². The summed E-state index contributed by atoms with van der Waals surface area (Å²) in [7, 11) is 0. The van der Waals surface area contributed by atoms with E-state index in [-0.39, 0.29) is 0 Å². The van der Waals surface area contributed by atoms with E-state index in [0.29, 0.717) is 0 Å². The highest BCUT2D eigenvalue weighted by atomic mass is 127. The Morgan fingerprint density at radius 1 is 0.882 bits per heavy atom. The van der Waals surface area contributed by atoms with Crippen molar-refractivity contribution in [1.82, 2.24) is 0 Å². The molecule has 1 unspecified atom stereocenters. The predicted molar refractivity (Wildman–Crippen MR) is 38.2 cm³/mol. The topological polar surface area (TPSA) is 200 Å². The molecule has 0 fully saturated rings. The largest absolute Gasteiger partial charge is 0.394 e. The lowest BCUT2D eigenvalue weighted by Gasteiger charge is -2.26. The van der Waals surface area contributed by atoms with Gasteiger partial charge in [-0.25, -0.2) is 0 Å². The second-order valence-corrected chi connectivity index (χ2v) is 5.75. The summed E-state index contributed by atoms with van der Waals surface area (Å²) < 4.78 is 33.9. The molecule has 0 radical (unpaired) electrons. The summed E-state index contributed by atoms with van der Waals surface area (Å²) >= 11 is -6.27. The van der Waals surface area contributed by atoms with Gasteiger partial charge in [0.2, 0.25) is 0 Å². The molecule has 0 rings (SSSR count). The van der Waals surface area contributed by atoms with Crippen molar-refractivity contribution in [2.24, 2.45) is 0 Å². The average molecular weight is 372 g/mol. The van der Waals surface area contributed by atoms with Crippen LogP contribution in [0.25, 0.3) is 0 Å². The van der Waals surface area contributed by atoms with Crippen LogP contribution in [0, 0.1) is 0 Å². The highest BCUT2D eigenvalue weighted by molar-refractivity contribution is 4.81. The molecular formula is C6H13IO10. The first-order chi connectivity index (χ1) is 7.60. The van der Waals surface area contributed by atoms with Gasteiger partial charge in [0.15, 0.2) is 0 Å². The van der Waals surface area contributed by atoms with Crippen molar-refractivity contribution < 1.29 is 64.1 Å². The first-order valence-corrected chi connectivity index (χ1v) is 7.72. The maximum Gasteiger partial charge on any atom is 0.376 e. The Hall–Kier alpha value is 0.330. The minimum Gasteiger partial charge on any atom is -0.394 e. The average Bonchev–Trinajstić information content (AvgIpc) is 2.22. The molecule has 0 aromatic heterocycles. The summed E-state index contributed by atoms with van der Waals surface area (Å²) in [6.07, 6.45) is -11.1. The minimum atomic E-state index is -6.27. The van der Waals surface area contributed by atoms with Crippen LogP contribution < -0.4 is 30.4 Å². The minimum absolute atomic E-state index is 0.951. The van der Waals surface area contributed by atoms with Crippen LogP contribution in [0.5, 0.6) is 0 Å². The van der Waals surface area contributed by atoms with Crippen LogP contribution in [0.2, 0.25) is 0 Å². The Morgan fingerprint density at radius 2 is 1.35 bits per heavy atom. The number of aliphatic hydroxyl groups is 6. The van der Waals surface area contributed by atoms with Crippen LogP contribution in [-0.2, 0) is 3.07 Å². The fourth-order valence-electron chi connectivity index (χ4n) is 0.871. The number of hydrogen-bond donors (Lipinski definition) is 6. The fourth-order valence-corrected chi connectivity index (χ4v) is 1.81.